The topological polar surface area (TPSA) is 47.6 Å². The molecule has 0 radical (unpaired) electrons. The molecular weight excluding hydrogens is 152 g/mol. The first-order valence-corrected chi connectivity index (χ1v) is 3.85. The minimum Gasteiger partial charge on any atom is -0.401 e. The first-order valence-electron chi connectivity index (χ1n) is 3.85. The summed E-state index contributed by atoms with van der Waals surface area (Å²) in [6.07, 6.45) is 5.66. The molecule has 0 unspecified atom stereocenters. The number of rotatable bonds is 1. The third-order valence-electron chi connectivity index (χ3n) is 2.08. The molecule has 0 aromatic rings. The summed E-state index contributed by atoms with van der Waals surface area (Å²) in [7, 11) is 1.53. The molecule has 0 aromatic carbocycles. The molecule has 2 N–H and O–H groups in total. The van der Waals surface area contributed by atoms with Crippen molar-refractivity contribution >= 4 is 5.71 Å². The number of oxime groups is 1. The van der Waals surface area contributed by atoms with E-state index in [2.05, 4.69) is 5.16 Å². The number of nitrogens with two attached hydrogens (primary N) is 1. The largest absolute Gasteiger partial charge is 0.401 e. The number of allylic oxidation sites excluding steroid dienone is 4. The van der Waals surface area contributed by atoms with Crippen LogP contribution >= 0.6 is 0 Å². The van der Waals surface area contributed by atoms with Crippen molar-refractivity contribution in [2.24, 2.45) is 16.3 Å². The van der Waals surface area contributed by atoms with E-state index >= 15 is 0 Å². The predicted octanol–water partition coefficient (Wildman–Crippen LogP) is 1.43. The average molecular weight is 166 g/mol. The maximum Gasteiger partial charge on any atom is 0.106 e. The number of hydrogen-bond donors (Lipinski definition) is 1. The van der Waals surface area contributed by atoms with E-state index in [0.29, 0.717) is 0 Å². The van der Waals surface area contributed by atoms with Crippen LogP contribution in [0.5, 0.6) is 0 Å². The van der Waals surface area contributed by atoms with Crippen LogP contribution in [-0.4, -0.2) is 12.8 Å². The second-order valence-corrected chi connectivity index (χ2v) is 3.27. The van der Waals surface area contributed by atoms with Crippen molar-refractivity contribution in [1.82, 2.24) is 0 Å². The summed E-state index contributed by atoms with van der Waals surface area (Å²) < 4.78 is 0. The van der Waals surface area contributed by atoms with E-state index in [1.54, 1.807) is 0 Å². The Kier molecular flexibility index (Phi) is 2.22. The zero-order valence-corrected chi connectivity index (χ0v) is 7.66. The van der Waals surface area contributed by atoms with Gasteiger partial charge in [-0.05, 0) is 26.0 Å². The smallest absolute Gasteiger partial charge is 0.106 e. The quantitative estimate of drug-likeness (QED) is 0.599. The average Bonchev–Trinajstić information content (AvgIpc) is 2.00. The van der Waals surface area contributed by atoms with Gasteiger partial charge in [-0.3, -0.25) is 0 Å². The van der Waals surface area contributed by atoms with Gasteiger partial charge >= 0.3 is 0 Å². The van der Waals surface area contributed by atoms with Gasteiger partial charge in [-0.15, -0.1) is 0 Å². The zero-order valence-electron chi connectivity index (χ0n) is 7.66. The summed E-state index contributed by atoms with van der Waals surface area (Å²) in [6, 6.07) is 0. The van der Waals surface area contributed by atoms with Crippen molar-refractivity contribution in [3.8, 4) is 0 Å². The monoisotopic (exact) mass is 166 g/mol. The Bertz CT molecular complexity index is 262. The zero-order chi connectivity index (χ0) is 9.19. The van der Waals surface area contributed by atoms with Crippen LogP contribution in [0.2, 0.25) is 0 Å². The van der Waals surface area contributed by atoms with Crippen molar-refractivity contribution in [3.63, 3.8) is 0 Å². The fraction of sp³-hybridized carbons (Fsp3) is 0.444. The Balaban J connectivity index is 3.01. The normalized spacial score (nSPS) is 23.9. The van der Waals surface area contributed by atoms with Gasteiger partial charge in [0.15, 0.2) is 0 Å². The third kappa shape index (κ3) is 1.35. The van der Waals surface area contributed by atoms with Gasteiger partial charge in [-0.25, -0.2) is 0 Å². The Labute approximate surface area is 72.6 Å². The van der Waals surface area contributed by atoms with Crippen LogP contribution in [-0.2, 0) is 4.84 Å². The van der Waals surface area contributed by atoms with E-state index in [1.165, 1.54) is 7.11 Å². The fourth-order valence-corrected chi connectivity index (χ4v) is 1.05. The number of hydrogen-bond acceptors (Lipinski definition) is 3. The lowest BCUT2D eigenvalue weighted by Gasteiger charge is -2.26. The van der Waals surface area contributed by atoms with Crippen molar-refractivity contribution in [3.05, 3.63) is 23.9 Å². The van der Waals surface area contributed by atoms with E-state index in [0.717, 1.165) is 11.4 Å². The standard InChI is InChI=1S/C9H14N2O/c1-9(2)7(10)5-4-6-8(9)11-12-3/h4-6H,10H2,1-3H3. The van der Waals surface area contributed by atoms with Crippen molar-refractivity contribution in [1.29, 1.82) is 0 Å². The molecule has 0 aliphatic heterocycles. The Morgan fingerprint density at radius 1 is 1.50 bits per heavy atom. The van der Waals surface area contributed by atoms with Crippen LogP contribution < -0.4 is 5.73 Å². The van der Waals surface area contributed by atoms with E-state index in [9.17, 15) is 0 Å². The van der Waals surface area contributed by atoms with Crippen molar-refractivity contribution in [2.45, 2.75) is 13.8 Å². The summed E-state index contributed by atoms with van der Waals surface area (Å²) in [5.74, 6) is 0. The Morgan fingerprint density at radius 3 is 2.75 bits per heavy atom. The first-order chi connectivity index (χ1) is 5.59. The fourth-order valence-electron chi connectivity index (χ4n) is 1.05. The maximum absolute atomic E-state index is 5.81. The molecule has 0 aromatic heterocycles. The predicted molar refractivity (Wildman–Crippen MR) is 49.6 cm³/mol. The van der Waals surface area contributed by atoms with Gasteiger partial charge in [0.2, 0.25) is 0 Å². The molecule has 0 amide bonds. The molecule has 0 atom stereocenters. The molecule has 1 aliphatic carbocycles. The third-order valence-corrected chi connectivity index (χ3v) is 2.08. The molecule has 0 saturated heterocycles. The van der Waals surface area contributed by atoms with Gasteiger partial charge in [-0.1, -0.05) is 11.2 Å². The highest BCUT2D eigenvalue weighted by Crippen LogP contribution is 2.28. The molecule has 0 fully saturated rings. The minimum absolute atomic E-state index is 0.218. The molecule has 0 heterocycles. The van der Waals surface area contributed by atoms with E-state index in [-0.39, 0.29) is 5.41 Å². The van der Waals surface area contributed by atoms with Crippen LogP contribution in [0, 0.1) is 5.41 Å². The van der Waals surface area contributed by atoms with Crippen molar-refractivity contribution < 1.29 is 4.84 Å². The molecule has 0 spiro atoms. The lowest BCUT2D eigenvalue weighted by molar-refractivity contribution is 0.210. The maximum atomic E-state index is 5.81. The Hall–Kier alpha value is -1.25. The lowest BCUT2D eigenvalue weighted by Crippen LogP contribution is -2.31. The SMILES string of the molecule is CON=C1C=CC=C(N)C1(C)C. The van der Waals surface area contributed by atoms with E-state index in [1.807, 2.05) is 32.1 Å². The minimum atomic E-state index is -0.218. The molecule has 1 rings (SSSR count). The van der Waals surface area contributed by atoms with Gasteiger partial charge in [0.25, 0.3) is 0 Å². The Morgan fingerprint density at radius 2 is 2.17 bits per heavy atom. The molecule has 3 nitrogen and oxygen atoms in total. The summed E-state index contributed by atoms with van der Waals surface area (Å²) in [5.41, 5.74) is 7.25. The van der Waals surface area contributed by atoms with Crippen LogP contribution in [0.15, 0.2) is 29.1 Å². The summed E-state index contributed by atoms with van der Waals surface area (Å²) >= 11 is 0. The van der Waals surface area contributed by atoms with Crippen molar-refractivity contribution in [2.75, 3.05) is 7.11 Å². The second-order valence-electron chi connectivity index (χ2n) is 3.27. The van der Waals surface area contributed by atoms with Crippen LogP contribution in [0.1, 0.15) is 13.8 Å². The lowest BCUT2D eigenvalue weighted by atomic mass is 9.81. The molecule has 66 valence electrons. The van der Waals surface area contributed by atoms with Crippen LogP contribution in [0.4, 0.5) is 0 Å². The highest BCUT2D eigenvalue weighted by molar-refractivity contribution is 6.02. The van der Waals surface area contributed by atoms with Gasteiger partial charge < -0.3 is 10.6 Å². The highest BCUT2D eigenvalue weighted by Gasteiger charge is 2.28. The highest BCUT2D eigenvalue weighted by atomic mass is 16.6. The molecule has 12 heavy (non-hydrogen) atoms. The van der Waals surface area contributed by atoms with Gasteiger partial charge in [0, 0.05) is 11.1 Å². The van der Waals surface area contributed by atoms with Gasteiger partial charge in [0.1, 0.15) is 7.11 Å². The second kappa shape index (κ2) is 3.01. The van der Waals surface area contributed by atoms with Gasteiger partial charge in [0.05, 0.1) is 5.71 Å². The molecule has 3 heteroatoms. The summed E-state index contributed by atoms with van der Waals surface area (Å²) in [4.78, 5) is 4.72. The molecular formula is C9H14N2O. The van der Waals surface area contributed by atoms with E-state index < -0.39 is 0 Å². The van der Waals surface area contributed by atoms with E-state index in [4.69, 9.17) is 10.6 Å². The molecule has 0 bridgehead atoms. The molecule has 0 saturated carbocycles. The number of nitrogens with zero attached hydrogens (tertiary/aromatic N) is 1. The summed E-state index contributed by atoms with van der Waals surface area (Å²) in [5, 5.41) is 3.90. The molecule has 1 aliphatic rings. The van der Waals surface area contributed by atoms with Crippen LogP contribution in [0.25, 0.3) is 0 Å². The van der Waals surface area contributed by atoms with Gasteiger partial charge in [-0.2, -0.15) is 0 Å². The summed E-state index contributed by atoms with van der Waals surface area (Å²) in [6.45, 7) is 4.03. The van der Waals surface area contributed by atoms with Crippen LogP contribution in [0.3, 0.4) is 0 Å². The first kappa shape index (κ1) is 8.84.